The fourth-order valence-electron chi connectivity index (χ4n) is 2.01. The van der Waals surface area contributed by atoms with Crippen LogP contribution in [0.3, 0.4) is 0 Å². The monoisotopic (exact) mass is 260 g/mol. The fraction of sp³-hybridized carbons (Fsp3) is 0.667. The third kappa shape index (κ3) is 2.43. The second-order valence-corrected chi connectivity index (χ2v) is 5.81. The third-order valence-electron chi connectivity index (χ3n) is 3.55. The summed E-state index contributed by atoms with van der Waals surface area (Å²) in [6, 6.07) is 2.23. The quantitative estimate of drug-likeness (QED) is 0.873. The van der Waals surface area contributed by atoms with Crippen LogP contribution in [-0.4, -0.2) is 31.6 Å². The number of thiophene rings is 1. The molecule has 2 nitrogen and oxygen atoms in total. The Morgan fingerprint density at radius 1 is 1.56 bits per heavy atom. The van der Waals surface area contributed by atoms with E-state index in [2.05, 4.69) is 38.2 Å². The lowest BCUT2D eigenvalue weighted by Gasteiger charge is -2.42. The van der Waals surface area contributed by atoms with Crippen molar-refractivity contribution in [2.24, 2.45) is 0 Å². The van der Waals surface area contributed by atoms with Crippen LogP contribution in [0.1, 0.15) is 31.2 Å². The number of nitrogens with zero attached hydrogens (tertiary/aromatic N) is 1. The molecule has 16 heavy (non-hydrogen) atoms. The minimum Gasteiger partial charge on any atom is -0.311 e. The van der Waals surface area contributed by atoms with Crippen LogP contribution >= 0.6 is 22.9 Å². The van der Waals surface area contributed by atoms with Crippen molar-refractivity contribution in [1.29, 1.82) is 0 Å². The molecule has 2 unspecified atom stereocenters. The summed E-state index contributed by atoms with van der Waals surface area (Å²) in [4.78, 5) is 3.49. The highest BCUT2D eigenvalue weighted by atomic mass is 35.5. The fourth-order valence-corrected chi connectivity index (χ4v) is 3.43. The van der Waals surface area contributed by atoms with E-state index in [1.54, 1.807) is 11.3 Å². The van der Waals surface area contributed by atoms with E-state index in [0.717, 1.165) is 11.4 Å². The molecule has 1 aromatic heterocycles. The maximum atomic E-state index is 6.23. The summed E-state index contributed by atoms with van der Waals surface area (Å²) in [6.45, 7) is 4.48. The predicted molar refractivity (Wildman–Crippen MR) is 73.5 cm³/mol. The SMILES string of the molecule is CCC(C)(C(NC)c1sccc1Cl)N(C)C. The molecule has 0 fully saturated rings. The van der Waals surface area contributed by atoms with Crippen LogP contribution in [0, 0.1) is 0 Å². The van der Waals surface area contributed by atoms with Gasteiger partial charge in [-0.2, -0.15) is 0 Å². The molecule has 4 heteroatoms. The van der Waals surface area contributed by atoms with E-state index in [0.29, 0.717) is 0 Å². The summed E-state index contributed by atoms with van der Waals surface area (Å²) >= 11 is 7.95. The highest BCUT2D eigenvalue weighted by Crippen LogP contribution is 2.38. The highest BCUT2D eigenvalue weighted by Gasteiger charge is 2.36. The molecule has 2 atom stereocenters. The van der Waals surface area contributed by atoms with Crippen molar-refractivity contribution in [1.82, 2.24) is 10.2 Å². The number of rotatable bonds is 5. The lowest BCUT2D eigenvalue weighted by atomic mass is 9.87. The Labute approximate surface area is 108 Å². The molecule has 1 rings (SSSR count). The average molecular weight is 261 g/mol. The van der Waals surface area contributed by atoms with Gasteiger partial charge >= 0.3 is 0 Å². The first kappa shape index (κ1) is 14.0. The van der Waals surface area contributed by atoms with Crippen LogP contribution in [0.2, 0.25) is 5.02 Å². The minimum absolute atomic E-state index is 0.0727. The summed E-state index contributed by atoms with van der Waals surface area (Å²) in [5.41, 5.74) is 0.0727. The van der Waals surface area contributed by atoms with Gasteiger partial charge in [0.15, 0.2) is 0 Å². The molecule has 1 aromatic rings. The molecule has 1 heterocycles. The zero-order valence-corrected chi connectivity index (χ0v) is 12.2. The van der Waals surface area contributed by atoms with E-state index >= 15 is 0 Å². The Morgan fingerprint density at radius 2 is 2.19 bits per heavy atom. The molecule has 0 aliphatic rings. The van der Waals surface area contributed by atoms with Gasteiger partial charge in [-0.25, -0.2) is 0 Å². The Kier molecular flexibility index (Phi) is 4.80. The Morgan fingerprint density at radius 3 is 2.50 bits per heavy atom. The van der Waals surface area contributed by atoms with Crippen LogP contribution in [-0.2, 0) is 0 Å². The molecule has 0 spiro atoms. The Bertz CT molecular complexity index is 338. The van der Waals surface area contributed by atoms with Gasteiger partial charge in [0.25, 0.3) is 0 Å². The van der Waals surface area contributed by atoms with E-state index < -0.39 is 0 Å². The van der Waals surface area contributed by atoms with E-state index in [1.165, 1.54) is 4.88 Å². The van der Waals surface area contributed by atoms with Crippen molar-refractivity contribution in [3.63, 3.8) is 0 Å². The highest BCUT2D eigenvalue weighted by molar-refractivity contribution is 7.10. The van der Waals surface area contributed by atoms with Crippen molar-refractivity contribution >= 4 is 22.9 Å². The van der Waals surface area contributed by atoms with Gasteiger partial charge in [0.05, 0.1) is 11.1 Å². The zero-order valence-electron chi connectivity index (χ0n) is 10.7. The summed E-state index contributed by atoms with van der Waals surface area (Å²) in [6.07, 6.45) is 1.07. The number of nitrogens with one attached hydrogen (secondary N) is 1. The first-order chi connectivity index (χ1) is 7.47. The van der Waals surface area contributed by atoms with E-state index in [1.807, 2.05) is 18.5 Å². The van der Waals surface area contributed by atoms with E-state index in [-0.39, 0.29) is 11.6 Å². The Hall–Kier alpha value is -0.0900. The number of likely N-dealkylation sites (N-methyl/N-ethyl adjacent to an activating group) is 2. The molecule has 0 radical (unpaired) electrons. The first-order valence-electron chi connectivity index (χ1n) is 5.55. The van der Waals surface area contributed by atoms with Gasteiger partial charge < -0.3 is 10.2 Å². The topological polar surface area (TPSA) is 15.3 Å². The van der Waals surface area contributed by atoms with Gasteiger partial charge in [0, 0.05) is 10.4 Å². The summed E-state index contributed by atoms with van der Waals surface area (Å²) in [5, 5.41) is 6.32. The normalized spacial score (nSPS) is 17.4. The second-order valence-electron chi connectivity index (χ2n) is 4.46. The molecule has 0 bridgehead atoms. The summed E-state index contributed by atoms with van der Waals surface area (Å²) in [5.74, 6) is 0. The van der Waals surface area contributed by atoms with Gasteiger partial charge in [-0.05, 0) is 45.9 Å². The van der Waals surface area contributed by atoms with Gasteiger partial charge in [-0.1, -0.05) is 18.5 Å². The van der Waals surface area contributed by atoms with Crippen LogP contribution in [0.4, 0.5) is 0 Å². The van der Waals surface area contributed by atoms with E-state index in [4.69, 9.17) is 11.6 Å². The Balaban J connectivity index is 3.11. The van der Waals surface area contributed by atoms with Crippen molar-refractivity contribution in [3.05, 3.63) is 21.3 Å². The van der Waals surface area contributed by atoms with Gasteiger partial charge in [0.2, 0.25) is 0 Å². The summed E-state index contributed by atoms with van der Waals surface area (Å²) in [7, 11) is 6.24. The van der Waals surface area contributed by atoms with Gasteiger partial charge in [-0.15, -0.1) is 11.3 Å². The lowest BCUT2D eigenvalue weighted by Crippen LogP contribution is -2.50. The van der Waals surface area contributed by atoms with Crippen molar-refractivity contribution < 1.29 is 0 Å². The molecule has 0 saturated heterocycles. The zero-order chi connectivity index (χ0) is 12.3. The van der Waals surface area contributed by atoms with Crippen LogP contribution < -0.4 is 5.32 Å². The van der Waals surface area contributed by atoms with E-state index in [9.17, 15) is 0 Å². The predicted octanol–water partition coefficient (Wildman–Crippen LogP) is 3.39. The standard InChI is InChI=1S/C12H21ClN2S/c1-6-12(2,15(4)5)11(14-3)10-9(13)7-8-16-10/h7-8,11,14H,6H2,1-5H3. The molecule has 0 amide bonds. The molecule has 0 aromatic carbocycles. The van der Waals surface area contributed by atoms with Crippen molar-refractivity contribution in [2.75, 3.05) is 21.1 Å². The molecular formula is C12H21ClN2S. The van der Waals surface area contributed by atoms with Gasteiger partial charge in [-0.3, -0.25) is 0 Å². The second kappa shape index (κ2) is 5.50. The number of halogens is 1. The molecule has 1 N–H and O–H groups in total. The third-order valence-corrected chi connectivity index (χ3v) is 4.98. The smallest absolute Gasteiger partial charge is 0.0611 e. The maximum absolute atomic E-state index is 6.23. The van der Waals surface area contributed by atoms with Crippen molar-refractivity contribution in [3.8, 4) is 0 Å². The van der Waals surface area contributed by atoms with Gasteiger partial charge in [0.1, 0.15) is 0 Å². The van der Waals surface area contributed by atoms with Crippen LogP contribution in [0.15, 0.2) is 11.4 Å². The molecular weight excluding hydrogens is 240 g/mol. The average Bonchev–Trinajstić information content (AvgIpc) is 2.65. The van der Waals surface area contributed by atoms with Crippen molar-refractivity contribution in [2.45, 2.75) is 31.8 Å². The molecule has 0 aliphatic heterocycles. The lowest BCUT2D eigenvalue weighted by molar-refractivity contribution is 0.118. The molecule has 0 aliphatic carbocycles. The minimum atomic E-state index is 0.0727. The maximum Gasteiger partial charge on any atom is 0.0611 e. The van der Waals surface area contributed by atoms with Crippen LogP contribution in [0.5, 0.6) is 0 Å². The number of hydrogen-bond acceptors (Lipinski definition) is 3. The molecule has 92 valence electrons. The van der Waals surface area contributed by atoms with Crippen LogP contribution in [0.25, 0.3) is 0 Å². The largest absolute Gasteiger partial charge is 0.311 e. The number of hydrogen-bond donors (Lipinski definition) is 1. The first-order valence-corrected chi connectivity index (χ1v) is 6.80. The molecule has 0 saturated carbocycles. The summed E-state index contributed by atoms with van der Waals surface area (Å²) < 4.78 is 0.